The zero-order chi connectivity index (χ0) is 12.1. The zero-order valence-electron chi connectivity index (χ0n) is 9.34. The summed E-state index contributed by atoms with van der Waals surface area (Å²) in [5, 5.41) is -1.23. The first kappa shape index (κ1) is 14.6. The second-order valence-electron chi connectivity index (χ2n) is 3.69. The summed E-state index contributed by atoms with van der Waals surface area (Å²) in [5.74, 6) is -1.38. The van der Waals surface area contributed by atoms with E-state index in [0.29, 0.717) is 11.3 Å². The number of likely N-dealkylation sites (tertiary alicyclic amines) is 1. The molecule has 1 saturated heterocycles. The Morgan fingerprint density at radius 3 is 2.35 bits per heavy atom. The number of allylic oxidation sites excluding steroid dienone is 3. The van der Waals surface area contributed by atoms with Crippen LogP contribution >= 0.6 is 0 Å². The molecule has 1 aliphatic carbocycles. The summed E-state index contributed by atoms with van der Waals surface area (Å²) in [5.41, 5.74) is 0.769. The molecule has 1 aliphatic heterocycles. The average Bonchev–Trinajstić information content (AvgIpc) is 2.45. The van der Waals surface area contributed by atoms with Gasteiger partial charge in [-0.25, -0.2) is 8.42 Å². The van der Waals surface area contributed by atoms with E-state index in [1.54, 1.807) is 0 Å². The minimum atomic E-state index is -4.47. The van der Waals surface area contributed by atoms with Gasteiger partial charge >= 0.3 is 29.6 Å². The third kappa shape index (κ3) is 2.53. The summed E-state index contributed by atoms with van der Waals surface area (Å²) in [4.78, 5) is 23.4. The first-order valence-corrected chi connectivity index (χ1v) is 5.96. The monoisotopic (exact) mass is 265 g/mol. The molecule has 1 atom stereocenters. The molecule has 0 aromatic heterocycles. The van der Waals surface area contributed by atoms with Gasteiger partial charge in [0, 0.05) is 25.2 Å². The molecular formula is C9H8NNaO5S. The number of carbonyl (C=O) groups excluding carboxylic acids is 2. The van der Waals surface area contributed by atoms with Crippen LogP contribution in [-0.4, -0.2) is 41.9 Å². The van der Waals surface area contributed by atoms with Gasteiger partial charge in [-0.1, -0.05) is 0 Å². The summed E-state index contributed by atoms with van der Waals surface area (Å²) < 4.78 is 32.8. The third-order valence-corrected chi connectivity index (χ3v) is 3.83. The van der Waals surface area contributed by atoms with Crippen molar-refractivity contribution in [3.05, 3.63) is 23.4 Å². The number of carbonyl (C=O) groups is 2. The molecular weight excluding hydrogens is 257 g/mol. The molecule has 0 radical (unpaired) electrons. The molecule has 0 bridgehead atoms. The second kappa shape index (κ2) is 4.66. The van der Waals surface area contributed by atoms with Crippen LogP contribution in [0.25, 0.3) is 0 Å². The molecule has 0 spiro atoms. The zero-order valence-corrected chi connectivity index (χ0v) is 12.2. The maximum atomic E-state index is 11.1. The Bertz CT molecular complexity index is 548. The Kier molecular flexibility index (Phi) is 4.00. The van der Waals surface area contributed by atoms with Gasteiger partial charge in [0.15, 0.2) is 0 Å². The molecule has 1 unspecified atom stereocenters. The standard InChI is InChI=1S/C9H9NO5S.Na/c1-10-6-4-8(12)7(11)2-5(6)3-9(10)16(13,14)15;/h2,4,9H,3H2,1H3,(H,13,14,15);/q;+1/p-1. The van der Waals surface area contributed by atoms with Crippen LogP contribution in [0.2, 0.25) is 0 Å². The van der Waals surface area contributed by atoms with Crippen LogP contribution in [0.1, 0.15) is 6.42 Å². The van der Waals surface area contributed by atoms with E-state index in [4.69, 9.17) is 0 Å². The molecule has 86 valence electrons. The number of hydrogen-bond acceptors (Lipinski definition) is 6. The Morgan fingerprint density at radius 2 is 1.82 bits per heavy atom. The summed E-state index contributed by atoms with van der Waals surface area (Å²) in [6.45, 7) is 0. The summed E-state index contributed by atoms with van der Waals surface area (Å²) in [7, 11) is -3.06. The molecule has 6 nitrogen and oxygen atoms in total. The van der Waals surface area contributed by atoms with Crippen molar-refractivity contribution in [1.29, 1.82) is 0 Å². The van der Waals surface area contributed by atoms with Crippen molar-refractivity contribution in [3.8, 4) is 0 Å². The minimum Gasteiger partial charge on any atom is -0.746 e. The largest absolute Gasteiger partial charge is 1.00 e. The van der Waals surface area contributed by atoms with Crippen LogP contribution in [0.3, 0.4) is 0 Å². The molecule has 0 aromatic carbocycles. The van der Waals surface area contributed by atoms with Gasteiger partial charge in [0.2, 0.25) is 11.6 Å². The summed E-state index contributed by atoms with van der Waals surface area (Å²) in [6, 6.07) is 0. The van der Waals surface area contributed by atoms with Gasteiger partial charge in [-0.2, -0.15) is 0 Å². The molecule has 0 saturated carbocycles. The van der Waals surface area contributed by atoms with Crippen molar-refractivity contribution in [2.24, 2.45) is 0 Å². The van der Waals surface area contributed by atoms with E-state index in [1.165, 1.54) is 11.9 Å². The van der Waals surface area contributed by atoms with Crippen molar-refractivity contribution in [1.82, 2.24) is 4.90 Å². The number of hydrogen-bond donors (Lipinski definition) is 0. The molecule has 0 amide bonds. The van der Waals surface area contributed by atoms with Crippen LogP contribution < -0.4 is 29.6 Å². The van der Waals surface area contributed by atoms with Crippen molar-refractivity contribution >= 4 is 21.7 Å². The molecule has 0 N–H and O–H groups in total. The van der Waals surface area contributed by atoms with Crippen LogP contribution in [-0.2, 0) is 19.7 Å². The predicted molar refractivity (Wildman–Crippen MR) is 52.0 cm³/mol. The van der Waals surface area contributed by atoms with Gasteiger partial charge in [0.1, 0.15) is 15.5 Å². The molecule has 1 heterocycles. The maximum absolute atomic E-state index is 11.1. The van der Waals surface area contributed by atoms with Gasteiger partial charge < -0.3 is 9.45 Å². The van der Waals surface area contributed by atoms with Crippen LogP contribution in [0.15, 0.2) is 23.4 Å². The van der Waals surface area contributed by atoms with E-state index >= 15 is 0 Å². The SMILES string of the molecule is CN1C2=CC(=O)C(=O)C=C2CC1S(=O)(=O)[O-].[Na+]. The van der Waals surface area contributed by atoms with Crippen molar-refractivity contribution in [3.63, 3.8) is 0 Å². The number of fused-ring (bicyclic) bond motifs is 1. The van der Waals surface area contributed by atoms with Crippen molar-refractivity contribution < 1.29 is 52.1 Å². The predicted octanol–water partition coefficient (Wildman–Crippen LogP) is -3.84. The quantitative estimate of drug-likeness (QED) is 0.208. The van der Waals surface area contributed by atoms with Gasteiger partial charge in [-0.3, -0.25) is 9.59 Å². The fraction of sp³-hybridized carbons (Fsp3) is 0.333. The van der Waals surface area contributed by atoms with Gasteiger partial charge in [0.05, 0.1) is 0 Å². The molecule has 8 heteroatoms. The Balaban J connectivity index is 0.00000144. The average molecular weight is 265 g/mol. The Hall–Kier alpha value is -0.470. The number of ketones is 2. The van der Waals surface area contributed by atoms with E-state index in [-0.39, 0.29) is 36.0 Å². The van der Waals surface area contributed by atoms with E-state index in [2.05, 4.69) is 0 Å². The number of rotatable bonds is 1. The maximum Gasteiger partial charge on any atom is 1.00 e. The second-order valence-corrected chi connectivity index (χ2v) is 5.22. The first-order valence-electron chi connectivity index (χ1n) is 4.49. The smallest absolute Gasteiger partial charge is 0.746 e. The fourth-order valence-corrected chi connectivity index (χ4v) is 2.74. The summed E-state index contributed by atoms with van der Waals surface area (Å²) in [6.07, 6.45) is 2.12. The molecule has 2 rings (SSSR count). The first-order chi connectivity index (χ1) is 7.30. The normalized spacial score (nSPS) is 23.9. The van der Waals surface area contributed by atoms with Crippen LogP contribution in [0.4, 0.5) is 0 Å². The molecule has 2 aliphatic rings. The molecule has 17 heavy (non-hydrogen) atoms. The molecule has 1 fully saturated rings. The third-order valence-electron chi connectivity index (χ3n) is 2.68. The van der Waals surface area contributed by atoms with Crippen LogP contribution in [0, 0.1) is 0 Å². The molecule has 0 aromatic rings. The fourth-order valence-electron chi connectivity index (χ4n) is 1.86. The van der Waals surface area contributed by atoms with Gasteiger partial charge in [-0.15, -0.1) is 0 Å². The van der Waals surface area contributed by atoms with Gasteiger partial charge in [-0.05, 0) is 11.6 Å². The number of nitrogens with zero attached hydrogens (tertiary/aromatic N) is 1. The van der Waals surface area contributed by atoms with E-state index < -0.39 is 27.1 Å². The van der Waals surface area contributed by atoms with E-state index in [0.717, 1.165) is 12.2 Å². The summed E-state index contributed by atoms with van der Waals surface area (Å²) >= 11 is 0. The minimum absolute atomic E-state index is 0. The Labute approximate surface area is 120 Å². The van der Waals surface area contributed by atoms with Crippen molar-refractivity contribution in [2.75, 3.05) is 7.05 Å². The van der Waals surface area contributed by atoms with Crippen LogP contribution in [0.5, 0.6) is 0 Å². The Morgan fingerprint density at radius 1 is 1.29 bits per heavy atom. The van der Waals surface area contributed by atoms with E-state index in [1.807, 2.05) is 0 Å². The van der Waals surface area contributed by atoms with E-state index in [9.17, 15) is 22.6 Å². The number of likely N-dealkylation sites (N-methyl/N-ethyl adjacent to an activating group) is 1. The van der Waals surface area contributed by atoms with Crippen molar-refractivity contribution in [2.45, 2.75) is 11.8 Å². The van der Waals surface area contributed by atoms with Gasteiger partial charge in [0.25, 0.3) is 0 Å². The topological polar surface area (TPSA) is 94.6 Å².